The minimum Gasteiger partial charge on any atom is -0.393 e. The Bertz CT molecular complexity index is 535. The summed E-state index contributed by atoms with van der Waals surface area (Å²) in [7, 11) is 0. The van der Waals surface area contributed by atoms with Crippen LogP contribution >= 0.6 is 0 Å². The van der Waals surface area contributed by atoms with Crippen LogP contribution in [0.25, 0.3) is 0 Å². The van der Waals surface area contributed by atoms with Crippen LogP contribution in [0.5, 0.6) is 0 Å². The van der Waals surface area contributed by atoms with Crippen molar-refractivity contribution in [3.8, 4) is 0 Å². The lowest BCUT2D eigenvalue weighted by Gasteiger charge is -2.58. The molecule has 0 spiro atoms. The van der Waals surface area contributed by atoms with Crippen molar-refractivity contribution >= 4 is 0 Å². The van der Waals surface area contributed by atoms with E-state index in [9.17, 15) is 15.3 Å². The summed E-state index contributed by atoms with van der Waals surface area (Å²) < 4.78 is 0. The predicted octanol–water partition coefficient (Wildman–Crippen LogP) is 1.58. The molecule has 0 aliphatic heterocycles. The summed E-state index contributed by atoms with van der Waals surface area (Å²) in [4.78, 5) is 0. The lowest BCUT2D eigenvalue weighted by Crippen LogP contribution is -2.56. The zero-order chi connectivity index (χ0) is 16.6. The second-order valence-electron chi connectivity index (χ2n) is 9.16. The molecule has 4 rings (SSSR count). The molecule has 4 aliphatic rings. The van der Waals surface area contributed by atoms with Gasteiger partial charge in [-0.25, -0.2) is 0 Å². The second-order valence-corrected chi connectivity index (χ2v) is 9.16. The number of aliphatic hydroxyl groups excluding tert-OH is 3. The molecule has 3 saturated carbocycles. The molecule has 4 aliphatic carbocycles. The van der Waals surface area contributed by atoms with Crippen molar-refractivity contribution in [2.75, 3.05) is 0 Å². The lowest BCUT2D eigenvalue weighted by molar-refractivity contribution is -0.0853. The van der Waals surface area contributed by atoms with E-state index in [2.05, 4.69) is 13.8 Å². The normalized spacial score (nSPS) is 58.9. The molecule has 23 heavy (non-hydrogen) atoms. The summed E-state index contributed by atoms with van der Waals surface area (Å²) in [5.74, 6) is 0.934. The highest BCUT2D eigenvalue weighted by atomic mass is 16.3. The average molecular weight is 321 g/mol. The lowest BCUT2D eigenvalue weighted by atomic mass is 9.47. The fraction of sp³-hybridized carbons (Fsp3) is 0.895. The summed E-state index contributed by atoms with van der Waals surface area (Å²) in [6, 6.07) is -0.174. The minimum atomic E-state index is -0.463. The molecular formula is C19H31NO3. The van der Waals surface area contributed by atoms with Gasteiger partial charge in [0, 0.05) is 6.04 Å². The van der Waals surface area contributed by atoms with E-state index in [0.717, 1.165) is 32.1 Å². The van der Waals surface area contributed by atoms with Crippen LogP contribution < -0.4 is 5.73 Å². The smallest absolute Gasteiger partial charge is 0.0757 e. The van der Waals surface area contributed by atoms with Crippen LogP contribution in [0.2, 0.25) is 0 Å². The van der Waals surface area contributed by atoms with Crippen LogP contribution in [0.1, 0.15) is 52.4 Å². The van der Waals surface area contributed by atoms with Crippen molar-refractivity contribution in [3.05, 3.63) is 11.6 Å². The molecule has 0 aromatic heterocycles. The number of aliphatic hydroxyl groups is 3. The van der Waals surface area contributed by atoms with E-state index >= 15 is 0 Å². The molecule has 0 aromatic carbocycles. The van der Waals surface area contributed by atoms with Gasteiger partial charge >= 0.3 is 0 Å². The number of nitrogens with two attached hydrogens (primary N) is 1. The Morgan fingerprint density at radius 3 is 2.57 bits per heavy atom. The first kappa shape index (κ1) is 16.1. The van der Waals surface area contributed by atoms with Gasteiger partial charge in [-0.1, -0.05) is 25.5 Å². The number of fused-ring (bicyclic) bond motifs is 5. The topological polar surface area (TPSA) is 86.7 Å². The van der Waals surface area contributed by atoms with E-state index in [0.29, 0.717) is 18.3 Å². The van der Waals surface area contributed by atoms with Crippen molar-refractivity contribution in [3.63, 3.8) is 0 Å². The number of hydrogen-bond acceptors (Lipinski definition) is 4. The summed E-state index contributed by atoms with van der Waals surface area (Å²) in [6.45, 7) is 4.55. The van der Waals surface area contributed by atoms with Crippen LogP contribution in [0.4, 0.5) is 0 Å². The van der Waals surface area contributed by atoms with Gasteiger partial charge in [0.15, 0.2) is 0 Å². The Morgan fingerprint density at radius 1 is 1.09 bits per heavy atom. The Morgan fingerprint density at radius 2 is 1.83 bits per heavy atom. The van der Waals surface area contributed by atoms with Gasteiger partial charge in [-0.05, 0) is 67.1 Å². The molecule has 5 N–H and O–H groups in total. The average Bonchev–Trinajstić information content (AvgIpc) is 2.73. The molecule has 130 valence electrons. The maximum absolute atomic E-state index is 10.9. The molecule has 0 radical (unpaired) electrons. The van der Waals surface area contributed by atoms with Crippen molar-refractivity contribution in [1.82, 2.24) is 0 Å². The van der Waals surface area contributed by atoms with Crippen molar-refractivity contribution in [1.29, 1.82) is 0 Å². The molecule has 0 unspecified atom stereocenters. The second kappa shape index (κ2) is 5.04. The highest BCUT2D eigenvalue weighted by Crippen LogP contribution is 2.64. The summed E-state index contributed by atoms with van der Waals surface area (Å²) >= 11 is 0. The molecule has 0 amide bonds. The van der Waals surface area contributed by atoms with Gasteiger partial charge in [0.1, 0.15) is 0 Å². The molecule has 0 bridgehead atoms. The summed E-state index contributed by atoms with van der Waals surface area (Å²) in [5.41, 5.74) is 7.64. The maximum atomic E-state index is 10.9. The largest absolute Gasteiger partial charge is 0.393 e. The van der Waals surface area contributed by atoms with Gasteiger partial charge in [0.05, 0.1) is 18.3 Å². The maximum Gasteiger partial charge on any atom is 0.0757 e. The van der Waals surface area contributed by atoms with E-state index in [1.165, 1.54) is 5.57 Å². The molecule has 4 nitrogen and oxygen atoms in total. The predicted molar refractivity (Wildman–Crippen MR) is 88.5 cm³/mol. The van der Waals surface area contributed by atoms with Crippen LogP contribution in [0.3, 0.4) is 0 Å². The van der Waals surface area contributed by atoms with Crippen molar-refractivity contribution in [2.24, 2.45) is 34.3 Å². The van der Waals surface area contributed by atoms with Crippen LogP contribution in [0, 0.1) is 28.6 Å². The van der Waals surface area contributed by atoms with Gasteiger partial charge in [0.2, 0.25) is 0 Å². The summed E-state index contributed by atoms with van der Waals surface area (Å²) in [6.07, 6.45) is 6.27. The third kappa shape index (κ3) is 2.05. The van der Waals surface area contributed by atoms with Gasteiger partial charge in [0.25, 0.3) is 0 Å². The first-order valence-electron chi connectivity index (χ1n) is 9.28. The third-order valence-corrected chi connectivity index (χ3v) is 8.21. The fourth-order valence-corrected chi connectivity index (χ4v) is 6.69. The third-order valence-electron chi connectivity index (χ3n) is 8.21. The van der Waals surface area contributed by atoms with Gasteiger partial charge in [-0.15, -0.1) is 0 Å². The molecule has 9 atom stereocenters. The first-order valence-corrected chi connectivity index (χ1v) is 9.28. The highest BCUT2D eigenvalue weighted by Gasteiger charge is 2.62. The number of hydrogen-bond donors (Lipinski definition) is 4. The summed E-state index contributed by atoms with van der Waals surface area (Å²) in [5, 5.41) is 31.3. The Balaban J connectivity index is 1.73. The van der Waals surface area contributed by atoms with Gasteiger partial charge < -0.3 is 21.1 Å². The quantitative estimate of drug-likeness (QED) is 0.510. The zero-order valence-corrected chi connectivity index (χ0v) is 14.3. The Hall–Kier alpha value is -0.420. The van der Waals surface area contributed by atoms with E-state index in [4.69, 9.17) is 5.73 Å². The van der Waals surface area contributed by atoms with Crippen LogP contribution in [0.15, 0.2) is 11.6 Å². The molecule has 0 aromatic rings. The van der Waals surface area contributed by atoms with Crippen LogP contribution in [-0.4, -0.2) is 39.7 Å². The standard InChI is InChI=1S/C19H31NO3/c1-18-5-3-11(21)7-10(18)8-14(22)16-12(18)4-6-19(2)13(16)9-15(23)17(19)20/h8,11-17,21-23H,3-7,9,20H2,1-2H3/t11-,12-,13-,14-,15+,16+,17+,18-,19-/m0/s1. The van der Waals surface area contributed by atoms with Gasteiger partial charge in [-0.2, -0.15) is 0 Å². The van der Waals surface area contributed by atoms with E-state index in [-0.39, 0.29) is 28.9 Å². The molecular weight excluding hydrogens is 290 g/mol. The molecule has 0 saturated heterocycles. The molecule has 0 heterocycles. The Labute approximate surface area is 138 Å². The van der Waals surface area contributed by atoms with E-state index in [1.54, 1.807) is 0 Å². The Kier molecular flexibility index (Phi) is 3.52. The first-order chi connectivity index (χ1) is 10.8. The zero-order valence-electron chi connectivity index (χ0n) is 14.3. The fourth-order valence-electron chi connectivity index (χ4n) is 6.69. The van der Waals surface area contributed by atoms with E-state index in [1.807, 2.05) is 6.08 Å². The van der Waals surface area contributed by atoms with Crippen LogP contribution in [-0.2, 0) is 0 Å². The van der Waals surface area contributed by atoms with E-state index < -0.39 is 12.2 Å². The van der Waals surface area contributed by atoms with Crippen molar-refractivity contribution < 1.29 is 15.3 Å². The number of rotatable bonds is 0. The molecule has 3 fully saturated rings. The van der Waals surface area contributed by atoms with Gasteiger partial charge in [-0.3, -0.25) is 0 Å². The molecule has 4 heteroatoms. The van der Waals surface area contributed by atoms with Crippen molar-refractivity contribution in [2.45, 2.75) is 76.7 Å². The SMILES string of the molecule is C[C@]12CC[C@H]3[C@@H]([C@@H](O)C=C4C[C@@H](O)CC[C@@]43C)[C@@H]1C[C@@H](O)[C@H]2N. The monoisotopic (exact) mass is 321 g/mol. The minimum absolute atomic E-state index is 0.0581. The highest BCUT2D eigenvalue weighted by molar-refractivity contribution is 5.28.